The Morgan fingerprint density at radius 3 is 2.41 bits per heavy atom. The van der Waals surface area contributed by atoms with E-state index in [9.17, 15) is 9.59 Å². The van der Waals surface area contributed by atoms with E-state index in [1.54, 1.807) is 24.3 Å². The molecule has 5 nitrogen and oxygen atoms in total. The van der Waals surface area contributed by atoms with Gasteiger partial charge >= 0.3 is 0 Å². The number of amides is 2. The van der Waals surface area contributed by atoms with Crippen LogP contribution >= 0.6 is 11.3 Å². The number of fused-ring (bicyclic) bond motifs is 1. The van der Waals surface area contributed by atoms with Crippen molar-refractivity contribution in [2.45, 2.75) is 6.92 Å². The van der Waals surface area contributed by atoms with Gasteiger partial charge in [-0.2, -0.15) is 0 Å². The molecule has 0 saturated heterocycles. The number of thiophene rings is 1. The van der Waals surface area contributed by atoms with E-state index >= 15 is 0 Å². The van der Waals surface area contributed by atoms with Crippen molar-refractivity contribution in [1.29, 1.82) is 0 Å². The van der Waals surface area contributed by atoms with Crippen LogP contribution in [-0.4, -0.2) is 18.4 Å². The number of ether oxygens (including phenoxy) is 1. The number of carbonyl (C=O) groups excluding carboxylic acids is 2. The first-order valence-electron chi connectivity index (χ1n) is 10.3. The Morgan fingerprint density at radius 2 is 1.66 bits per heavy atom. The van der Waals surface area contributed by atoms with Crippen molar-refractivity contribution in [3.8, 4) is 5.75 Å². The molecule has 2 amide bonds. The molecule has 2 heterocycles. The molecule has 1 aliphatic rings. The standard InChI is InChI=1S/C26H20N2O3S/c1-2-31-19-14-12-18(13-15-19)28-25(29)23(22-11-6-16-32-22)24(26(28)30)27-21-10-5-8-17-7-3-4-9-20(17)21/h3-16,27H,2H2,1H3. The van der Waals surface area contributed by atoms with Gasteiger partial charge < -0.3 is 10.1 Å². The number of nitrogens with one attached hydrogen (secondary N) is 1. The smallest absolute Gasteiger partial charge is 0.282 e. The molecule has 0 unspecified atom stereocenters. The third-order valence-corrected chi connectivity index (χ3v) is 6.19. The van der Waals surface area contributed by atoms with E-state index in [4.69, 9.17) is 4.74 Å². The van der Waals surface area contributed by atoms with Crippen LogP contribution in [0.2, 0.25) is 0 Å². The maximum Gasteiger partial charge on any atom is 0.282 e. The minimum absolute atomic E-state index is 0.280. The first-order valence-corrected chi connectivity index (χ1v) is 11.2. The van der Waals surface area contributed by atoms with Crippen LogP contribution in [0.25, 0.3) is 16.3 Å². The van der Waals surface area contributed by atoms with E-state index in [1.807, 2.05) is 66.9 Å². The highest BCUT2D eigenvalue weighted by atomic mass is 32.1. The first kappa shape index (κ1) is 20.0. The molecule has 0 radical (unpaired) electrons. The number of nitrogens with zero attached hydrogens (tertiary/aromatic N) is 1. The molecule has 4 aromatic rings. The summed E-state index contributed by atoms with van der Waals surface area (Å²) in [5, 5.41) is 7.21. The van der Waals surface area contributed by atoms with E-state index in [2.05, 4.69) is 5.32 Å². The predicted octanol–water partition coefficient (Wildman–Crippen LogP) is 5.70. The van der Waals surface area contributed by atoms with Gasteiger partial charge in [0, 0.05) is 16.0 Å². The lowest BCUT2D eigenvalue weighted by Gasteiger charge is -2.16. The summed E-state index contributed by atoms with van der Waals surface area (Å²) in [4.78, 5) is 29.0. The molecule has 32 heavy (non-hydrogen) atoms. The van der Waals surface area contributed by atoms with E-state index in [0.717, 1.165) is 21.3 Å². The Bertz CT molecular complexity index is 1340. The fourth-order valence-corrected chi connectivity index (χ4v) is 4.62. The Hall–Kier alpha value is -3.90. The highest BCUT2D eigenvalue weighted by Crippen LogP contribution is 2.37. The molecular weight excluding hydrogens is 420 g/mol. The fourth-order valence-electron chi connectivity index (χ4n) is 3.86. The van der Waals surface area contributed by atoms with Gasteiger partial charge in [-0.1, -0.05) is 42.5 Å². The van der Waals surface area contributed by atoms with Crippen LogP contribution in [0.3, 0.4) is 0 Å². The second-order valence-electron chi connectivity index (χ2n) is 7.25. The minimum atomic E-state index is -0.379. The summed E-state index contributed by atoms with van der Waals surface area (Å²) in [6, 6.07) is 24.5. The van der Waals surface area contributed by atoms with Gasteiger partial charge in [-0.15, -0.1) is 11.3 Å². The molecule has 0 saturated carbocycles. The number of rotatable bonds is 6. The topological polar surface area (TPSA) is 58.6 Å². The average molecular weight is 441 g/mol. The van der Waals surface area contributed by atoms with Gasteiger partial charge in [0.2, 0.25) is 0 Å². The van der Waals surface area contributed by atoms with Gasteiger partial charge in [0.15, 0.2) is 0 Å². The van der Waals surface area contributed by atoms with E-state index < -0.39 is 0 Å². The predicted molar refractivity (Wildman–Crippen MR) is 129 cm³/mol. The van der Waals surface area contributed by atoms with Crippen molar-refractivity contribution in [1.82, 2.24) is 0 Å². The van der Waals surface area contributed by atoms with Crippen molar-refractivity contribution in [2.75, 3.05) is 16.8 Å². The molecule has 6 heteroatoms. The summed E-state index contributed by atoms with van der Waals surface area (Å²) in [7, 11) is 0. The number of anilines is 2. The summed E-state index contributed by atoms with van der Waals surface area (Å²) in [6.45, 7) is 2.45. The van der Waals surface area contributed by atoms with Crippen molar-refractivity contribution in [3.63, 3.8) is 0 Å². The molecule has 0 fully saturated rings. The molecule has 0 aliphatic carbocycles. The van der Waals surface area contributed by atoms with E-state index in [1.165, 1.54) is 16.2 Å². The maximum atomic E-state index is 13.5. The second-order valence-corrected chi connectivity index (χ2v) is 8.20. The van der Waals surface area contributed by atoms with Crippen LogP contribution in [0.4, 0.5) is 11.4 Å². The quantitative estimate of drug-likeness (QED) is 0.391. The lowest BCUT2D eigenvalue weighted by Crippen LogP contribution is -2.32. The number of imide groups is 1. The summed E-state index contributed by atoms with van der Waals surface area (Å²) >= 11 is 1.43. The van der Waals surface area contributed by atoms with Crippen molar-refractivity contribution in [2.24, 2.45) is 0 Å². The second kappa shape index (κ2) is 8.32. The molecule has 5 rings (SSSR count). The Balaban J connectivity index is 1.58. The van der Waals surface area contributed by atoms with Gasteiger partial charge in [0.05, 0.1) is 17.9 Å². The third-order valence-electron chi connectivity index (χ3n) is 5.31. The summed E-state index contributed by atoms with van der Waals surface area (Å²) in [6.07, 6.45) is 0. The number of carbonyl (C=O) groups is 2. The van der Waals surface area contributed by atoms with Crippen LogP contribution in [0, 0.1) is 0 Å². The van der Waals surface area contributed by atoms with Crippen LogP contribution in [0.1, 0.15) is 11.8 Å². The molecule has 3 aromatic carbocycles. The zero-order valence-electron chi connectivity index (χ0n) is 17.4. The van der Waals surface area contributed by atoms with Crippen molar-refractivity contribution in [3.05, 3.63) is 94.8 Å². The Labute approximate surface area is 189 Å². The molecule has 1 N–H and O–H groups in total. The minimum Gasteiger partial charge on any atom is -0.494 e. The van der Waals surface area contributed by atoms with E-state index in [-0.39, 0.29) is 17.5 Å². The molecule has 0 atom stereocenters. The number of hydrogen-bond acceptors (Lipinski definition) is 5. The normalized spacial score (nSPS) is 13.8. The molecule has 158 valence electrons. The monoisotopic (exact) mass is 440 g/mol. The van der Waals surface area contributed by atoms with Crippen molar-refractivity contribution < 1.29 is 14.3 Å². The van der Waals surface area contributed by atoms with Crippen LogP contribution in [0.5, 0.6) is 5.75 Å². The van der Waals surface area contributed by atoms with Gasteiger partial charge in [0.1, 0.15) is 11.4 Å². The highest BCUT2D eigenvalue weighted by Gasteiger charge is 2.40. The lowest BCUT2D eigenvalue weighted by molar-refractivity contribution is -0.120. The Morgan fingerprint density at radius 1 is 0.875 bits per heavy atom. The zero-order chi connectivity index (χ0) is 22.1. The van der Waals surface area contributed by atoms with Gasteiger partial charge in [0.25, 0.3) is 11.8 Å². The van der Waals surface area contributed by atoms with Crippen molar-refractivity contribution >= 4 is 50.9 Å². The molecule has 1 aliphatic heterocycles. The average Bonchev–Trinajstić information content (AvgIpc) is 3.42. The fraction of sp³-hybridized carbons (Fsp3) is 0.0769. The van der Waals surface area contributed by atoms with Crippen LogP contribution in [0.15, 0.2) is 89.9 Å². The summed E-state index contributed by atoms with van der Waals surface area (Å²) < 4.78 is 5.49. The number of hydrogen-bond donors (Lipinski definition) is 1. The zero-order valence-corrected chi connectivity index (χ0v) is 18.2. The lowest BCUT2D eigenvalue weighted by atomic mass is 10.1. The molecule has 0 bridgehead atoms. The van der Waals surface area contributed by atoms with Crippen LogP contribution in [-0.2, 0) is 9.59 Å². The number of benzene rings is 3. The maximum absolute atomic E-state index is 13.5. The van der Waals surface area contributed by atoms with Gasteiger partial charge in [-0.3, -0.25) is 9.59 Å². The van der Waals surface area contributed by atoms with E-state index in [0.29, 0.717) is 23.6 Å². The largest absolute Gasteiger partial charge is 0.494 e. The molecular formula is C26H20N2O3S. The Kier molecular flexibility index (Phi) is 5.21. The third kappa shape index (κ3) is 3.44. The van der Waals surface area contributed by atoms with Gasteiger partial charge in [-0.05, 0) is 54.1 Å². The SMILES string of the molecule is CCOc1ccc(N2C(=O)C(Nc3cccc4ccccc34)=C(c3cccs3)C2=O)cc1. The highest BCUT2D eigenvalue weighted by molar-refractivity contribution is 7.11. The summed E-state index contributed by atoms with van der Waals surface area (Å²) in [5.41, 5.74) is 1.95. The molecule has 0 spiro atoms. The first-order chi connectivity index (χ1) is 15.7. The summed E-state index contributed by atoms with van der Waals surface area (Å²) in [5.74, 6) is -0.0317. The van der Waals surface area contributed by atoms with Gasteiger partial charge in [-0.25, -0.2) is 4.90 Å². The molecule has 1 aromatic heterocycles. The van der Waals surface area contributed by atoms with Crippen LogP contribution < -0.4 is 15.0 Å².